The summed E-state index contributed by atoms with van der Waals surface area (Å²) in [5, 5.41) is 14.9. The molecule has 4 aromatic rings. The van der Waals surface area contributed by atoms with E-state index < -0.39 is 0 Å². The predicted molar refractivity (Wildman–Crippen MR) is 146 cm³/mol. The maximum Gasteiger partial charge on any atom is 0.219 e. The lowest BCUT2D eigenvalue weighted by molar-refractivity contribution is -0.130. The van der Waals surface area contributed by atoms with Crippen LogP contribution >= 0.6 is 0 Å². The lowest BCUT2D eigenvalue weighted by Gasteiger charge is -2.34. The van der Waals surface area contributed by atoms with Gasteiger partial charge in [-0.3, -0.25) is 14.7 Å². The number of hydrogen-bond acceptors (Lipinski definition) is 8. The number of para-hydroxylation sites is 1. The monoisotopic (exact) mass is 513 g/mol. The van der Waals surface area contributed by atoms with Crippen molar-refractivity contribution in [1.82, 2.24) is 14.8 Å². The van der Waals surface area contributed by atoms with Crippen LogP contribution in [-0.4, -0.2) is 67.1 Å². The van der Waals surface area contributed by atoms with E-state index in [2.05, 4.69) is 21.3 Å². The Bertz CT molecular complexity index is 1480. The smallest absolute Gasteiger partial charge is 0.219 e. The molecule has 1 fully saturated rings. The molecule has 1 aliphatic heterocycles. The van der Waals surface area contributed by atoms with Crippen LogP contribution in [0.3, 0.4) is 0 Å². The largest absolute Gasteiger partial charge is 0.493 e. The van der Waals surface area contributed by atoms with Crippen LogP contribution in [0.15, 0.2) is 53.3 Å². The van der Waals surface area contributed by atoms with Gasteiger partial charge >= 0.3 is 0 Å². The number of nitriles is 1. The quantitative estimate of drug-likeness (QED) is 0.314. The van der Waals surface area contributed by atoms with Crippen molar-refractivity contribution in [2.75, 3.05) is 51.8 Å². The van der Waals surface area contributed by atoms with E-state index in [0.717, 1.165) is 62.0 Å². The van der Waals surface area contributed by atoms with Gasteiger partial charge in [0.2, 0.25) is 5.91 Å². The van der Waals surface area contributed by atoms with Crippen molar-refractivity contribution >= 4 is 39.2 Å². The Morgan fingerprint density at radius 2 is 2.00 bits per heavy atom. The number of amides is 1. The zero-order chi connectivity index (χ0) is 26.5. The Labute approximate surface area is 221 Å². The average Bonchev–Trinajstić information content (AvgIpc) is 3.43. The summed E-state index contributed by atoms with van der Waals surface area (Å²) in [6, 6.07) is 13.7. The van der Waals surface area contributed by atoms with Crippen LogP contribution in [0.1, 0.15) is 25.3 Å². The molecule has 0 unspecified atom stereocenters. The van der Waals surface area contributed by atoms with Crippen LogP contribution in [-0.2, 0) is 4.79 Å². The molecule has 1 amide bonds. The summed E-state index contributed by atoms with van der Waals surface area (Å²) in [6.45, 7) is 6.60. The van der Waals surface area contributed by atoms with Gasteiger partial charge in [-0.2, -0.15) is 5.26 Å². The second kappa shape index (κ2) is 11.4. The first-order chi connectivity index (χ1) is 18.6. The number of benzene rings is 2. The standard InChI is InChI=1S/C29H31N5O4/c1-20(35)34-12-10-33(11-13-34)9-3-4-14-37-27-17-25-23(16-26(27)36-2)28(22(18-30)19-31-25)32-24-7-5-6-21-8-15-38-29(21)24/h5-8,15-17,19H,3-4,9-14H2,1-2H3,(H,31,32). The van der Waals surface area contributed by atoms with Crippen LogP contribution in [0.2, 0.25) is 0 Å². The number of methoxy groups -OCH3 is 1. The Kier molecular flexibility index (Phi) is 7.61. The molecule has 1 saturated heterocycles. The fourth-order valence-electron chi connectivity index (χ4n) is 4.82. The van der Waals surface area contributed by atoms with Crippen LogP contribution in [0, 0.1) is 11.3 Å². The molecule has 0 atom stereocenters. The lowest BCUT2D eigenvalue weighted by Crippen LogP contribution is -2.48. The van der Waals surface area contributed by atoms with Crippen molar-refractivity contribution in [2.45, 2.75) is 19.8 Å². The second-order valence-electron chi connectivity index (χ2n) is 9.35. The summed E-state index contributed by atoms with van der Waals surface area (Å²) < 4.78 is 17.4. The van der Waals surface area contributed by atoms with Crippen molar-refractivity contribution in [1.29, 1.82) is 5.26 Å². The van der Waals surface area contributed by atoms with Gasteiger partial charge < -0.3 is 24.1 Å². The van der Waals surface area contributed by atoms with Crippen molar-refractivity contribution in [3.05, 3.63) is 54.4 Å². The molecular weight excluding hydrogens is 482 g/mol. The molecule has 196 valence electrons. The van der Waals surface area contributed by atoms with Gasteiger partial charge in [-0.25, -0.2) is 0 Å². The first kappa shape index (κ1) is 25.4. The van der Waals surface area contributed by atoms with Gasteiger partial charge in [0.1, 0.15) is 6.07 Å². The maximum absolute atomic E-state index is 11.5. The first-order valence-corrected chi connectivity index (χ1v) is 12.8. The number of fused-ring (bicyclic) bond motifs is 2. The minimum absolute atomic E-state index is 0.151. The highest BCUT2D eigenvalue weighted by molar-refractivity contribution is 6.00. The van der Waals surface area contributed by atoms with Gasteiger partial charge in [-0.15, -0.1) is 0 Å². The van der Waals surface area contributed by atoms with Gasteiger partial charge in [0, 0.05) is 56.1 Å². The first-order valence-electron chi connectivity index (χ1n) is 12.8. The summed E-state index contributed by atoms with van der Waals surface area (Å²) in [5.41, 5.74) is 3.22. The zero-order valence-electron chi connectivity index (χ0n) is 21.7. The molecule has 1 N–H and O–H groups in total. The molecule has 2 aromatic heterocycles. The number of carbonyl (C=O) groups excluding carboxylic acids is 1. The Balaban J connectivity index is 1.27. The maximum atomic E-state index is 11.5. The van der Waals surface area contributed by atoms with Crippen molar-refractivity contribution in [2.24, 2.45) is 0 Å². The third-order valence-electron chi connectivity index (χ3n) is 6.96. The van der Waals surface area contributed by atoms with Crippen LogP contribution in [0.4, 0.5) is 11.4 Å². The predicted octanol–water partition coefficient (Wildman–Crippen LogP) is 4.93. The van der Waals surface area contributed by atoms with E-state index in [1.165, 1.54) is 0 Å². The van der Waals surface area contributed by atoms with Crippen molar-refractivity contribution in [3.63, 3.8) is 0 Å². The Morgan fingerprint density at radius 3 is 2.76 bits per heavy atom. The number of nitrogens with one attached hydrogen (secondary N) is 1. The molecule has 9 nitrogen and oxygen atoms in total. The number of aromatic nitrogens is 1. The molecule has 1 aliphatic rings. The molecule has 9 heteroatoms. The minimum atomic E-state index is 0.151. The molecule has 3 heterocycles. The highest BCUT2D eigenvalue weighted by Gasteiger charge is 2.18. The molecule has 5 rings (SSSR count). The SMILES string of the molecule is COc1cc2c(Nc3cccc4ccoc34)c(C#N)cnc2cc1OCCCCN1CCN(C(C)=O)CC1. The van der Waals surface area contributed by atoms with E-state index in [-0.39, 0.29) is 5.91 Å². The molecule has 0 saturated carbocycles. The van der Waals surface area contributed by atoms with E-state index in [9.17, 15) is 10.1 Å². The Morgan fingerprint density at radius 1 is 1.16 bits per heavy atom. The molecule has 2 aromatic carbocycles. The molecule has 0 bridgehead atoms. The van der Waals surface area contributed by atoms with Gasteiger partial charge in [-0.1, -0.05) is 12.1 Å². The molecule has 38 heavy (non-hydrogen) atoms. The number of piperazine rings is 1. The summed E-state index contributed by atoms with van der Waals surface area (Å²) in [6.07, 6.45) is 5.11. The fraction of sp³-hybridized carbons (Fsp3) is 0.345. The van der Waals surface area contributed by atoms with Crippen LogP contribution in [0.5, 0.6) is 11.5 Å². The fourth-order valence-corrected chi connectivity index (χ4v) is 4.82. The van der Waals surface area contributed by atoms with Gasteiger partial charge in [-0.05, 0) is 37.6 Å². The number of ether oxygens (including phenoxy) is 2. The molecule has 0 radical (unpaired) electrons. The number of unbranched alkanes of at least 4 members (excludes halogenated alkanes) is 1. The summed E-state index contributed by atoms with van der Waals surface area (Å²) in [7, 11) is 1.60. The lowest BCUT2D eigenvalue weighted by atomic mass is 10.1. The third-order valence-corrected chi connectivity index (χ3v) is 6.96. The van der Waals surface area contributed by atoms with E-state index in [1.807, 2.05) is 41.3 Å². The number of nitrogens with zero attached hydrogens (tertiary/aromatic N) is 4. The Hall–Kier alpha value is -4.29. The number of rotatable bonds is 9. The van der Waals surface area contributed by atoms with Gasteiger partial charge in [0.15, 0.2) is 17.1 Å². The van der Waals surface area contributed by atoms with E-state index in [1.54, 1.807) is 26.5 Å². The topological polar surface area (TPSA) is 104 Å². The molecule has 0 spiro atoms. The summed E-state index contributed by atoms with van der Waals surface area (Å²) in [4.78, 5) is 20.3. The average molecular weight is 514 g/mol. The number of carbonyl (C=O) groups is 1. The second-order valence-corrected chi connectivity index (χ2v) is 9.35. The van der Waals surface area contributed by atoms with E-state index in [4.69, 9.17) is 13.9 Å². The highest BCUT2D eigenvalue weighted by Crippen LogP contribution is 2.38. The summed E-state index contributed by atoms with van der Waals surface area (Å²) >= 11 is 0. The van der Waals surface area contributed by atoms with Gasteiger partial charge in [0.05, 0.1) is 42.4 Å². The number of anilines is 2. The van der Waals surface area contributed by atoms with Crippen molar-refractivity contribution < 1.29 is 18.7 Å². The number of furan rings is 1. The molecular formula is C29H31N5O4. The number of pyridine rings is 1. The minimum Gasteiger partial charge on any atom is -0.493 e. The number of hydrogen-bond donors (Lipinski definition) is 1. The van der Waals surface area contributed by atoms with Crippen LogP contribution < -0.4 is 14.8 Å². The summed E-state index contributed by atoms with van der Waals surface area (Å²) in [5.74, 6) is 1.35. The normalized spacial score (nSPS) is 14.0. The zero-order valence-corrected chi connectivity index (χ0v) is 21.7. The van der Waals surface area contributed by atoms with E-state index in [0.29, 0.717) is 40.5 Å². The van der Waals surface area contributed by atoms with Crippen molar-refractivity contribution in [3.8, 4) is 17.6 Å². The highest BCUT2D eigenvalue weighted by atomic mass is 16.5. The van der Waals surface area contributed by atoms with Gasteiger partial charge in [0.25, 0.3) is 0 Å². The third kappa shape index (κ3) is 5.36. The van der Waals surface area contributed by atoms with Crippen LogP contribution in [0.25, 0.3) is 21.9 Å². The van der Waals surface area contributed by atoms with E-state index >= 15 is 0 Å². The molecule has 0 aliphatic carbocycles.